The first-order valence-corrected chi connectivity index (χ1v) is 7.16. The molecule has 1 nitrogen and oxygen atoms in total. The molecule has 0 spiro atoms. The summed E-state index contributed by atoms with van der Waals surface area (Å²) >= 11 is 8.06. The van der Waals surface area contributed by atoms with Crippen molar-refractivity contribution >= 4 is 23.4 Å². The SMILES string of the molecule is CCNC(C)C(C)SCc1ccccc1Cl. The van der Waals surface area contributed by atoms with Crippen LogP contribution >= 0.6 is 23.4 Å². The molecule has 0 saturated carbocycles. The van der Waals surface area contributed by atoms with E-state index in [1.54, 1.807) is 0 Å². The van der Waals surface area contributed by atoms with Gasteiger partial charge in [-0.25, -0.2) is 0 Å². The van der Waals surface area contributed by atoms with Gasteiger partial charge in [-0.3, -0.25) is 0 Å². The molecule has 0 amide bonds. The van der Waals surface area contributed by atoms with E-state index in [4.69, 9.17) is 11.6 Å². The molecule has 0 aliphatic carbocycles. The van der Waals surface area contributed by atoms with Gasteiger partial charge in [-0.1, -0.05) is 43.6 Å². The van der Waals surface area contributed by atoms with Crippen LogP contribution in [0.15, 0.2) is 24.3 Å². The standard InChI is InChI=1S/C13H20ClNS/c1-4-15-10(2)11(3)16-9-12-7-5-6-8-13(12)14/h5-8,10-11,15H,4,9H2,1-3H3. The van der Waals surface area contributed by atoms with Crippen molar-refractivity contribution in [2.75, 3.05) is 6.54 Å². The van der Waals surface area contributed by atoms with Gasteiger partial charge in [-0.05, 0) is 25.1 Å². The average Bonchev–Trinajstić information content (AvgIpc) is 2.28. The molecule has 1 rings (SSSR count). The molecule has 1 aromatic rings. The number of benzene rings is 1. The fraction of sp³-hybridized carbons (Fsp3) is 0.538. The van der Waals surface area contributed by atoms with Gasteiger partial charge in [-0.15, -0.1) is 0 Å². The molecule has 1 N–H and O–H groups in total. The lowest BCUT2D eigenvalue weighted by atomic mass is 10.2. The van der Waals surface area contributed by atoms with E-state index in [1.807, 2.05) is 30.0 Å². The van der Waals surface area contributed by atoms with Crippen molar-refractivity contribution in [2.24, 2.45) is 0 Å². The van der Waals surface area contributed by atoms with Crippen molar-refractivity contribution in [1.82, 2.24) is 5.32 Å². The zero-order valence-electron chi connectivity index (χ0n) is 10.2. The number of halogens is 1. The minimum Gasteiger partial charge on any atom is -0.313 e. The van der Waals surface area contributed by atoms with Crippen LogP contribution in [-0.4, -0.2) is 17.8 Å². The zero-order chi connectivity index (χ0) is 12.0. The summed E-state index contributed by atoms with van der Waals surface area (Å²) in [6, 6.07) is 8.61. The van der Waals surface area contributed by atoms with E-state index in [9.17, 15) is 0 Å². The second-order valence-electron chi connectivity index (χ2n) is 3.95. The van der Waals surface area contributed by atoms with E-state index in [0.717, 1.165) is 17.3 Å². The summed E-state index contributed by atoms with van der Waals surface area (Å²) in [5, 5.41) is 4.91. The Morgan fingerprint density at radius 1 is 1.31 bits per heavy atom. The molecular weight excluding hydrogens is 238 g/mol. The van der Waals surface area contributed by atoms with Crippen molar-refractivity contribution in [3.8, 4) is 0 Å². The van der Waals surface area contributed by atoms with Crippen LogP contribution < -0.4 is 5.32 Å². The van der Waals surface area contributed by atoms with Gasteiger partial charge in [0.2, 0.25) is 0 Å². The molecule has 0 saturated heterocycles. The molecule has 0 radical (unpaired) electrons. The lowest BCUT2D eigenvalue weighted by Gasteiger charge is -2.20. The van der Waals surface area contributed by atoms with E-state index in [0.29, 0.717) is 11.3 Å². The van der Waals surface area contributed by atoms with Gasteiger partial charge in [0.15, 0.2) is 0 Å². The average molecular weight is 258 g/mol. The second-order valence-corrected chi connectivity index (χ2v) is 5.73. The number of thioether (sulfide) groups is 1. The van der Waals surface area contributed by atoms with Gasteiger partial charge in [0.1, 0.15) is 0 Å². The molecular formula is C13H20ClNS. The number of hydrogen-bond acceptors (Lipinski definition) is 2. The summed E-state index contributed by atoms with van der Waals surface area (Å²) in [6.45, 7) is 7.66. The molecule has 0 heterocycles. The summed E-state index contributed by atoms with van der Waals surface area (Å²) < 4.78 is 0. The van der Waals surface area contributed by atoms with Crippen molar-refractivity contribution in [2.45, 2.75) is 37.8 Å². The second kappa shape index (κ2) is 7.21. The van der Waals surface area contributed by atoms with E-state index >= 15 is 0 Å². The first-order chi connectivity index (χ1) is 7.65. The third-order valence-corrected chi connectivity index (χ3v) is 4.47. The Bertz CT molecular complexity index is 317. The third-order valence-electron chi connectivity index (χ3n) is 2.69. The quantitative estimate of drug-likeness (QED) is 0.828. The van der Waals surface area contributed by atoms with Crippen molar-refractivity contribution < 1.29 is 0 Å². The predicted molar refractivity (Wildman–Crippen MR) is 75.3 cm³/mol. The van der Waals surface area contributed by atoms with Crippen LogP contribution in [0.5, 0.6) is 0 Å². The Hall–Kier alpha value is -0.180. The van der Waals surface area contributed by atoms with Crippen LogP contribution in [0.25, 0.3) is 0 Å². The van der Waals surface area contributed by atoms with Gasteiger partial charge in [0.25, 0.3) is 0 Å². The molecule has 16 heavy (non-hydrogen) atoms. The van der Waals surface area contributed by atoms with Gasteiger partial charge in [0, 0.05) is 22.1 Å². The summed E-state index contributed by atoms with van der Waals surface area (Å²) in [5.41, 5.74) is 1.23. The smallest absolute Gasteiger partial charge is 0.0446 e. The van der Waals surface area contributed by atoms with Gasteiger partial charge in [-0.2, -0.15) is 11.8 Å². The molecule has 90 valence electrons. The van der Waals surface area contributed by atoms with E-state index in [2.05, 4.69) is 32.2 Å². The Labute approximate surface area is 108 Å². The highest BCUT2D eigenvalue weighted by atomic mass is 35.5. The van der Waals surface area contributed by atoms with Crippen LogP contribution in [-0.2, 0) is 5.75 Å². The highest BCUT2D eigenvalue weighted by Crippen LogP contribution is 2.24. The number of rotatable bonds is 6. The molecule has 0 bridgehead atoms. The largest absolute Gasteiger partial charge is 0.313 e. The van der Waals surface area contributed by atoms with Gasteiger partial charge in [0.05, 0.1) is 0 Å². The molecule has 0 aromatic heterocycles. The Balaban J connectivity index is 2.42. The summed E-state index contributed by atoms with van der Waals surface area (Å²) in [4.78, 5) is 0. The third kappa shape index (κ3) is 4.36. The molecule has 1 aromatic carbocycles. The van der Waals surface area contributed by atoms with Crippen LogP contribution in [0.1, 0.15) is 26.3 Å². The fourth-order valence-electron chi connectivity index (χ4n) is 1.47. The maximum atomic E-state index is 6.12. The van der Waals surface area contributed by atoms with E-state index < -0.39 is 0 Å². The minimum atomic E-state index is 0.539. The predicted octanol–water partition coefficient (Wildman–Crippen LogP) is 3.96. The normalized spacial score (nSPS) is 14.8. The first kappa shape index (κ1) is 13.9. The maximum Gasteiger partial charge on any atom is 0.0446 e. The fourth-order valence-corrected chi connectivity index (χ4v) is 2.83. The highest BCUT2D eigenvalue weighted by Gasteiger charge is 2.11. The maximum absolute atomic E-state index is 6.12. The first-order valence-electron chi connectivity index (χ1n) is 5.73. The monoisotopic (exact) mass is 257 g/mol. The van der Waals surface area contributed by atoms with Crippen LogP contribution in [0.2, 0.25) is 5.02 Å². The Kier molecular flexibility index (Phi) is 6.25. The molecule has 0 aliphatic heterocycles. The summed E-state index contributed by atoms with van der Waals surface area (Å²) in [5.74, 6) is 0.983. The Morgan fingerprint density at radius 3 is 2.62 bits per heavy atom. The van der Waals surface area contributed by atoms with Gasteiger partial charge >= 0.3 is 0 Å². The van der Waals surface area contributed by atoms with Crippen molar-refractivity contribution in [1.29, 1.82) is 0 Å². The topological polar surface area (TPSA) is 12.0 Å². The van der Waals surface area contributed by atoms with Crippen LogP contribution in [0, 0.1) is 0 Å². The highest BCUT2D eigenvalue weighted by molar-refractivity contribution is 7.99. The van der Waals surface area contributed by atoms with Crippen molar-refractivity contribution in [3.05, 3.63) is 34.9 Å². The summed E-state index contributed by atoms with van der Waals surface area (Å²) in [6.07, 6.45) is 0. The lowest BCUT2D eigenvalue weighted by Crippen LogP contribution is -2.33. The van der Waals surface area contributed by atoms with E-state index in [-0.39, 0.29) is 0 Å². The van der Waals surface area contributed by atoms with E-state index in [1.165, 1.54) is 5.56 Å². The molecule has 3 heteroatoms. The van der Waals surface area contributed by atoms with Gasteiger partial charge < -0.3 is 5.32 Å². The molecule has 0 aliphatic rings. The molecule has 2 unspecified atom stereocenters. The zero-order valence-corrected chi connectivity index (χ0v) is 11.7. The molecule has 2 atom stereocenters. The number of hydrogen-bond donors (Lipinski definition) is 1. The lowest BCUT2D eigenvalue weighted by molar-refractivity contribution is 0.563. The van der Waals surface area contributed by atoms with Crippen molar-refractivity contribution in [3.63, 3.8) is 0 Å². The Morgan fingerprint density at radius 2 is 2.00 bits per heavy atom. The van der Waals surface area contributed by atoms with Crippen LogP contribution in [0.3, 0.4) is 0 Å². The minimum absolute atomic E-state index is 0.539. The molecule has 0 fully saturated rings. The van der Waals surface area contributed by atoms with Crippen LogP contribution in [0.4, 0.5) is 0 Å². The summed E-state index contributed by atoms with van der Waals surface area (Å²) in [7, 11) is 0. The number of nitrogens with one attached hydrogen (secondary N) is 1.